The van der Waals surface area contributed by atoms with E-state index in [1.165, 1.54) is 25.7 Å². The van der Waals surface area contributed by atoms with Crippen molar-refractivity contribution in [2.75, 3.05) is 18.9 Å². The Hall–Kier alpha value is -1.58. The summed E-state index contributed by atoms with van der Waals surface area (Å²) < 4.78 is 0. The quantitative estimate of drug-likeness (QED) is 0.841. The summed E-state index contributed by atoms with van der Waals surface area (Å²) in [6.45, 7) is 2.99. The number of rotatable bonds is 5. The number of aromatic nitrogens is 1. The summed E-state index contributed by atoms with van der Waals surface area (Å²) in [5, 5.41) is 3.24. The van der Waals surface area contributed by atoms with Crippen LogP contribution >= 0.6 is 0 Å². The molecular weight excluding hydrogens is 262 g/mol. The molecule has 1 N–H and O–H groups in total. The average molecular weight is 289 g/mol. The molecule has 1 aliphatic carbocycles. The van der Waals surface area contributed by atoms with E-state index < -0.39 is 0 Å². The van der Waals surface area contributed by atoms with E-state index in [9.17, 15) is 4.79 Å². The van der Waals surface area contributed by atoms with Crippen LogP contribution in [0.1, 0.15) is 62.4 Å². The van der Waals surface area contributed by atoms with Gasteiger partial charge in [0.15, 0.2) is 0 Å². The summed E-state index contributed by atoms with van der Waals surface area (Å²) in [6.07, 6.45) is 8.34. The van der Waals surface area contributed by atoms with Gasteiger partial charge in [0.05, 0.1) is 0 Å². The lowest BCUT2D eigenvalue weighted by atomic mass is 10.1. The van der Waals surface area contributed by atoms with Crippen LogP contribution in [0, 0.1) is 0 Å². The van der Waals surface area contributed by atoms with Gasteiger partial charge in [0.25, 0.3) is 5.91 Å². The summed E-state index contributed by atoms with van der Waals surface area (Å²) >= 11 is 0. The van der Waals surface area contributed by atoms with Gasteiger partial charge in [-0.2, -0.15) is 0 Å². The van der Waals surface area contributed by atoms with Crippen molar-refractivity contribution in [3.05, 3.63) is 23.9 Å². The fourth-order valence-corrected chi connectivity index (χ4v) is 2.90. The maximum absolute atomic E-state index is 12.6. The highest BCUT2D eigenvalue weighted by molar-refractivity contribution is 5.92. The second-order valence-corrected chi connectivity index (χ2v) is 5.90. The van der Waals surface area contributed by atoms with Crippen LogP contribution in [-0.2, 0) is 0 Å². The fraction of sp³-hybridized carbons (Fsp3) is 0.647. The van der Waals surface area contributed by atoms with Crippen LogP contribution in [-0.4, -0.2) is 35.4 Å². The summed E-state index contributed by atoms with van der Waals surface area (Å²) in [5.74, 6) is 0.832. The topological polar surface area (TPSA) is 45.2 Å². The number of pyridine rings is 1. The van der Waals surface area contributed by atoms with Gasteiger partial charge in [-0.15, -0.1) is 0 Å². The minimum atomic E-state index is 0.0436. The third-order valence-electron chi connectivity index (χ3n) is 4.22. The van der Waals surface area contributed by atoms with E-state index >= 15 is 0 Å². The molecule has 0 unspecified atom stereocenters. The molecule has 0 atom stereocenters. The Morgan fingerprint density at radius 1 is 1.29 bits per heavy atom. The van der Waals surface area contributed by atoms with Crippen molar-refractivity contribution < 1.29 is 4.79 Å². The van der Waals surface area contributed by atoms with E-state index in [1.807, 2.05) is 30.1 Å². The average Bonchev–Trinajstić information content (AvgIpc) is 2.81. The molecule has 1 amide bonds. The highest BCUT2D eigenvalue weighted by atomic mass is 16.2. The minimum Gasteiger partial charge on any atom is -0.370 e. The summed E-state index contributed by atoms with van der Waals surface area (Å²) in [7, 11) is 1.92. The highest BCUT2D eigenvalue weighted by Gasteiger charge is 2.23. The zero-order valence-electron chi connectivity index (χ0n) is 13.3. The maximum Gasteiger partial charge on any atom is 0.272 e. The van der Waals surface area contributed by atoms with Gasteiger partial charge in [-0.25, -0.2) is 4.98 Å². The summed E-state index contributed by atoms with van der Waals surface area (Å²) in [5.41, 5.74) is 0.544. The first-order valence-corrected chi connectivity index (χ1v) is 8.20. The van der Waals surface area contributed by atoms with Gasteiger partial charge in [-0.05, 0) is 31.4 Å². The van der Waals surface area contributed by atoms with Crippen molar-refractivity contribution in [1.82, 2.24) is 9.88 Å². The summed E-state index contributed by atoms with van der Waals surface area (Å²) in [6, 6.07) is 6.00. The van der Waals surface area contributed by atoms with E-state index in [1.54, 1.807) is 0 Å². The first-order chi connectivity index (χ1) is 10.2. The normalized spacial score (nSPS) is 16.3. The Kier molecular flexibility index (Phi) is 6.03. The maximum atomic E-state index is 12.6. The van der Waals surface area contributed by atoms with E-state index in [-0.39, 0.29) is 5.91 Å². The van der Waals surface area contributed by atoms with Crippen LogP contribution in [0.4, 0.5) is 5.82 Å². The fourth-order valence-electron chi connectivity index (χ4n) is 2.90. The molecule has 116 valence electrons. The molecule has 0 aromatic carbocycles. The first kappa shape index (κ1) is 15.8. The van der Waals surface area contributed by atoms with Gasteiger partial charge in [0.1, 0.15) is 11.5 Å². The van der Waals surface area contributed by atoms with Gasteiger partial charge in [-0.1, -0.05) is 38.7 Å². The Bertz CT molecular complexity index is 453. The molecule has 0 radical (unpaired) electrons. The second-order valence-electron chi connectivity index (χ2n) is 5.90. The van der Waals surface area contributed by atoms with Crippen molar-refractivity contribution in [2.24, 2.45) is 0 Å². The zero-order valence-corrected chi connectivity index (χ0v) is 13.3. The lowest BCUT2D eigenvalue weighted by molar-refractivity contribution is 0.0712. The van der Waals surface area contributed by atoms with Gasteiger partial charge < -0.3 is 10.2 Å². The summed E-state index contributed by atoms with van der Waals surface area (Å²) in [4.78, 5) is 19.0. The lowest BCUT2D eigenvalue weighted by Gasteiger charge is -2.27. The molecular formula is C17H27N3O. The molecule has 4 nitrogen and oxygen atoms in total. The monoisotopic (exact) mass is 289 g/mol. The number of anilines is 1. The molecule has 21 heavy (non-hydrogen) atoms. The molecule has 0 saturated heterocycles. The molecule has 1 heterocycles. The number of carbonyl (C=O) groups is 1. The predicted molar refractivity (Wildman–Crippen MR) is 86.6 cm³/mol. The Balaban J connectivity index is 2.03. The van der Waals surface area contributed by atoms with Crippen LogP contribution in [0.25, 0.3) is 0 Å². The third-order valence-corrected chi connectivity index (χ3v) is 4.22. The van der Waals surface area contributed by atoms with Crippen molar-refractivity contribution >= 4 is 11.7 Å². The van der Waals surface area contributed by atoms with Crippen LogP contribution in [0.15, 0.2) is 18.2 Å². The van der Waals surface area contributed by atoms with Gasteiger partial charge >= 0.3 is 0 Å². The Morgan fingerprint density at radius 3 is 2.67 bits per heavy atom. The molecule has 4 heteroatoms. The Labute approximate surface area is 127 Å². The van der Waals surface area contributed by atoms with E-state index in [4.69, 9.17) is 0 Å². The molecule has 1 aromatic heterocycles. The predicted octanol–water partition coefficient (Wildman–Crippen LogP) is 3.70. The number of amides is 1. The number of nitrogens with one attached hydrogen (secondary N) is 1. The van der Waals surface area contributed by atoms with Gasteiger partial charge in [-0.3, -0.25) is 4.79 Å². The first-order valence-electron chi connectivity index (χ1n) is 8.20. The van der Waals surface area contributed by atoms with Gasteiger partial charge in [0.2, 0.25) is 0 Å². The molecule has 0 aliphatic heterocycles. The molecule has 1 aromatic rings. The number of carbonyl (C=O) groups excluding carboxylic acids is 1. The van der Waals surface area contributed by atoms with Crippen molar-refractivity contribution in [1.29, 1.82) is 0 Å². The third kappa shape index (κ3) is 4.45. The van der Waals surface area contributed by atoms with Crippen molar-refractivity contribution in [2.45, 2.75) is 57.9 Å². The lowest BCUT2D eigenvalue weighted by Crippen LogP contribution is -2.37. The number of nitrogens with zero attached hydrogens (tertiary/aromatic N) is 2. The van der Waals surface area contributed by atoms with E-state index in [0.29, 0.717) is 11.7 Å². The van der Waals surface area contributed by atoms with E-state index in [2.05, 4.69) is 17.2 Å². The number of hydrogen-bond donors (Lipinski definition) is 1. The van der Waals surface area contributed by atoms with Gasteiger partial charge in [0, 0.05) is 19.6 Å². The van der Waals surface area contributed by atoms with Crippen LogP contribution in [0.3, 0.4) is 0 Å². The largest absolute Gasteiger partial charge is 0.370 e. The standard InChI is InChI=1S/C17H27N3O/c1-3-13-18-16-12-8-11-15(19-16)17(21)20(2)14-9-6-4-5-7-10-14/h8,11-12,14H,3-7,9-10,13H2,1-2H3,(H,18,19). The number of hydrogen-bond acceptors (Lipinski definition) is 3. The van der Waals surface area contributed by atoms with Crippen LogP contribution < -0.4 is 5.32 Å². The van der Waals surface area contributed by atoms with E-state index in [0.717, 1.165) is 31.6 Å². The molecule has 1 saturated carbocycles. The van der Waals surface area contributed by atoms with Crippen molar-refractivity contribution in [3.63, 3.8) is 0 Å². The molecule has 0 spiro atoms. The SMILES string of the molecule is CCCNc1cccc(C(=O)N(C)C2CCCCCC2)n1. The van der Waals surface area contributed by atoms with Crippen LogP contribution in [0.5, 0.6) is 0 Å². The molecule has 0 bridgehead atoms. The molecule has 1 aliphatic rings. The minimum absolute atomic E-state index is 0.0436. The Morgan fingerprint density at radius 2 is 2.00 bits per heavy atom. The zero-order chi connectivity index (χ0) is 15.1. The smallest absolute Gasteiger partial charge is 0.272 e. The van der Waals surface area contributed by atoms with Crippen LogP contribution in [0.2, 0.25) is 0 Å². The van der Waals surface area contributed by atoms with Crippen molar-refractivity contribution in [3.8, 4) is 0 Å². The second kappa shape index (κ2) is 8.01. The molecule has 1 fully saturated rings. The highest BCUT2D eigenvalue weighted by Crippen LogP contribution is 2.22. The molecule has 2 rings (SSSR count).